The van der Waals surface area contributed by atoms with E-state index < -0.39 is 0 Å². The first-order valence-corrected chi connectivity index (χ1v) is 5.27. The number of nitrogens with two attached hydrogens (primary N) is 1. The number of carbonyl (C=O) groups excluding carboxylic acids is 1. The van der Waals surface area contributed by atoms with Gasteiger partial charge in [-0.15, -0.1) is 0 Å². The lowest BCUT2D eigenvalue weighted by Crippen LogP contribution is -2.06. The van der Waals surface area contributed by atoms with Gasteiger partial charge < -0.3 is 15.0 Å². The van der Waals surface area contributed by atoms with E-state index in [1.54, 1.807) is 48.4 Å². The zero-order valence-electron chi connectivity index (χ0n) is 9.46. The molecule has 0 amide bonds. The molecule has 0 spiro atoms. The Kier molecular flexibility index (Phi) is 3.09. The molecular weight excluding hydrogens is 218 g/mol. The highest BCUT2D eigenvalue weighted by Crippen LogP contribution is 2.19. The fraction of sp³-hybridized carbons (Fsp3) is 0.167. The van der Waals surface area contributed by atoms with Gasteiger partial charge in [0.1, 0.15) is 0 Å². The van der Waals surface area contributed by atoms with Gasteiger partial charge in [0, 0.05) is 12.4 Å². The van der Waals surface area contributed by atoms with Crippen LogP contribution in [0.15, 0.2) is 36.9 Å². The van der Waals surface area contributed by atoms with Crippen LogP contribution >= 0.6 is 0 Å². The maximum absolute atomic E-state index is 11.5. The summed E-state index contributed by atoms with van der Waals surface area (Å²) in [6.45, 7) is 2.11. The Morgan fingerprint density at radius 3 is 2.94 bits per heavy atom. The Labute approximate surface area is 98.8 Å². The quantitative estimate of drug-likeness (QED) is 0.643. The summed E-state index contributed by atoms with van der Waals surface area (Å²) in [6.07, 6.45) is 5.10. The number of benzene rings is 1. The lowest BCUT2D eigenvalue weighted by Gasteiger charge is -2.08. The van der Waals surface area contributed by atoms with Crippen LogP contribution in [0.5, 0.6) is 0 Å². The molecule has 0 aliphatic rings. The van der Waals surface area contributed by atoms with Crippen molar-refractivity contribution in [2.24, 2.45) is 0 Å². The van der Waals surface area contributed by atoms with Crippen molar-refractivity contribution in [1.29, 1.82) is 0 Å². The number of hydrogen-bond acceptors (Lipinski definition) is 4. The fourth-order valence-electron chi connectivity index (χ4n) is 1.53. The van der Waals surface area contributed by atoms with Crippen molar-refractivity contribution in [1.82, 2.24) is 9.55 Å². The first kappa shape index (κ1) is 11.2. The molecule has 0 aliphatic heterocycles. The van der Waals surface area contributed by atoms with Gasteiger partial charge in [-0.25, -0.2) is 9.78 Å². The number of esters is 1. The van der Waals surface area contributed by atoms with Gasteiger partial charge in [-0.05, 0) is 25.1 Å². The number of aromatic nitrogens is 2. The summed E-state index contributed by atoms with van der Waals surface area (Å²) in [5, 5.41) is 0. The van der Waals surface area contributed by atoms with Gasteiger partial charge in [-0.3, -0.25) is 0 Å². The Bertz CT molecular complexity index is 521. The van der Waals surface area contributed by atoms with Gasteiger partial charge in [0.25, 0.3) is 0 Å². The summed E-state index contributed by atoms with van der Waals surface area (Å²) in [6, 6.07) is 5.06. The van der Waals surface area contributed by atoms with Crippen molar-refractivity contribution in [2.75, 3.05) is 12.3 Å². The summed E-state index contributed by atoms with van der Waals surface area (Å²) >= 11 is 0. The Balaban J connectivity index is 2.32. The number of imidazole rings is 1. The third kappa shape index (κ3) is 2.28. The van der Waals surface area contributed by atoms with Crippen molar-refractivity contribution >= 4 is 11.7 Å². The number of nitrogens with zero attached hydrogens (tertiary/aromatic N) is 2. The first-order valence-electron chi connectivity index (χ1n) is 5.27. The molecule has 1 aromatic carbocycles. The van der Waals surface area contributed by atoms with Crippen LogP contribution in [0.25, 0.3) is 5.69 Å². The highest BCUT2D eigenvalue weighted by molar-refractivity contribution is 5.91. The minimum atomic E-state index is -0.364. The standard InChI is InChI=1S/C12H13N3O2/c1-2-17-12(16)9-3-4-11(10(13)7-9)15-6-5-14-8-15/h3-8H,2,13H2,1H3. The molecule has 1 aromatic heterocycles. The Morgan fingerprint density at radius 2 is 2.35 bits per heavy atom. The molecule has 2 aromatic rings. The second-order valence-electron chi connectivity index (χ2n) is 3.46. The van der Waals surface area contributed by atoms with Gasteiger partial charge in [0.2, 0.25) is 0 Å². The van der Waals surface area contributed by atoms with Gasteiger partial charge in [-0.1, -0.05) is 0 Å². The topological polar surface area (TPSA) is 70.1 Å². The molecular formula is C12H13N3O2. The van der Waals surface area contributed by atoms with Crippen molar-refractivity contribution in [3.63, 3.8) is 0 Å². The number of rotatable bonds is 3. The van der Waals surface area contributed by atoms with Crippen molar-refractivity contribution in [3.05, 3.63) is 42.5 Å². The second kappa shape index (κ2) is 4.69. The molecule has 2 rings (SSSR count). The summed E-state index contributed by atoms with van der Waals surface area (Å²) < 4.78 is 6.68. The molecule has 2 N–H and O–H groups in total. The molecule has 0 radical (unpaired) electrons. The molecule has 88 valence electrons. The van der Waals surface area contributed by atoms with Gasteiger partial charge in [0.15, 0.2) is 0 Å². The number of carbonyl (C=O) groups is 1. The zero-order chi connectivity index (χ0) is 12.3. The highest BCUT2D eigenvalue weighted by atomic mass is 16.5. The van der Waals surface area contributed by atoms with Gasteiger partial charge in [-0.2, -0.15) is 0 Å². The fourth-order valence-corrected chi connectivity index (χ4v) is 1.53. The molecule has 0 fully saturated rings. The van der Waals surface area contributed by atoms with Crippen molar-refractivity contribution < 1.29 is 9.53 Å². The van der Waals surface area contributed by atoms with E-state index in [9.17, 15) is 4.79 Å². The number of nitrogen functional groups attached to an aromatic ring is 1. The molecule has 5 heteroatoms. The molecule has 0 aliphatic carbocycles. The number of ether oxygens (including phenoxy) is 1. The number of hydrogen-bond donors (Lipinski definition) is 1. The molecule has 0 unspecified atom stereocenters. The van der Waals surface area contributed by atoms with Crippen LogP contribution in [0.2, 0.25) is 0 Å². The first-order chi connectivity index (χ1) is 8.22. The maximum atomic E-state index is 11.5. The average molecular weight is 231 g/mol. The lowest BCUT2D eigenvalue weighted by atomic mass is 10.1. The third-order valence-electron chi connectivity index (χ3n) is 2.32. The summed E-state index contributed by atoms with van der Waals surface area (Å²) in [5.74, 6) is -0.364. The Hall–Kier alpha value is -2.30. The molecule has 0 bridgehead atoms. The molecule has 1 heterocycles. The molecule has 17 heavy (non-hydrogen) atoms. The van der Waals surface area contributed by atoms with E-state index in [1.165, 1.54) is 0 Å². The third-order valence-corrected chi connectivity index (χ3v) is 2.32. The SMILES string of the molecule is CCOC(=O)c1ccc(-n2ccnc2)c(N)c1. The predicted octanol–water partition coefficient (Wildman–Crippen LogP) is 1.63. The van der Waals surface area contributed by atoms with Gasteiger partial charge in [0.05, 0.1) is 29.9 Å². The van der Waals surface area contributed by atoms with Crippen LogP contribution in [-0.2, 0) is 4.74 Å². The van der Waals surface area contributed by atoms with Crippen LogP contribution in [-0.4, -0.2) is 22.1 Å². The minimum Gasteiger partial charge on any atom is -0.462 e. The van der Waals surface area contributed by atoms with E-state index in [2.05, 4.69) is 4.98 Å². The molecule has 0 saturated carbocycles. The normalized spacial score (nSPS) is 10.2. The van der Waals surface area contributed by atoms with E-state index >= 15 is 0 Å². The van der Waals surface area contributed by atoms with Gasteiger partial charge >= 0.3 is 5.97 Å². The summed E-state index contributed by atoms with van der Waals surface area (Å²) in [7, 11) is 0. The molecule has 5 nitrogen and oxygen atoms in total. The maximum Gasteiger partial charge on any atom is 0.338 e. The highest BCUT2D eigenvalue weighted by Gasteiger charge is 2.09. The van der Waals surface area contributed by atoms with E-state index in [4.69, 9.17) is 10.5 Å². The van der Waals surface area contributed by atoms with Crippen LogP contribution < -0.4 is 5.73 Å². The van der Waals surface area contributed by atoms with Crippen LogP contribution in [0.1, 0.15) is 17.3 Å². The molecule has 0 atom stereocenters. The van der Waals surface area contributed by atoms with Crippen LogP contribution in [0, 0.1) is 0 Å². The second-order valence-corrected chi connectivity index (χ2v) is 3.46. The summed E-state index contributed by atoms with van der Waals surface area (Å²) in [5.41, 5.74) is 7.64. The van der Waals surface area contributed by atoms with Crippen molar-refractivity contribution in [2.45, 2.75) is 6.92 Å². The van der Waals surface area contributed by atoms with E-state index in [1.807, 2.05) is 0 Å². The zero-order valence-corrected chi connectivity index (χ0v) is 9.46. The molecule has 0 saturated heterocycles. The Morgan fingerprint density at radius 1 is 1.53 bits per heavy atom. The number of anilines is 1. The monoisotopic (exact) mass is 231 g/mol. The average Bonchev–Trinajstić information content (AvgIpc) is 2.82. The van der Waals surface area contributed by atoms with Crippen molar-refractivity contribution in [3.8, 4) is 5.69 Å². The lowest BCUT2D eigenvalue weighted by molar-refractivity contribution is 0.0526. The van der Waals surface area contributed by atoms with Crippen LogP contribution in [0.3, 0.4) is 0 Å². The van der Waals surface area contributed by atoms with E-state index in [0.717, 1.165) is 5.69 Å². The van der Waals surface area contributed by atoms with E-state index in [-0.39, 0.29) is 5.97 Å². The van der Waals surface area contributed by atoms with Crippen LogP contribution in [0.4, 0.5) is 5.69 Å². The minimum absolute atomic E-state index is 0.349. The predicted molar refractivity (Wildman–Crippen MR) is 63.9 cm³/mol. The smallest absolute Gasteiger partial charge is 0.338 e. The largest absolute Gasteiger partial charge is 0.462 e. The van der Waals surface area contributed by atoms with E-state index in [0.29, 0.717) is 17.9 Å². The summed E-state index contributed by atoms with van der Waals surface area (Å²) in [4.78, 5) is 15.4.